The molecule has 0 unspecified atom stereocenters. The molecular formula is C23H27N3OS. The number of carbonyl (C=O) groups is 1. The maximum absolute atomic E-state index is 13.1. The Balaban J connectivity index is 1.32. The molecule has 2 saturated heterocycles. The Labute approximate surface area is 170 Å². The first-order chi connectivity index (χ1) is 13.7. The maximum atomic E-state index is 13.1. The summed E-state index contributed by atoms with van der Waals surface area (Å²) >= 11 is 1.54. The Kier molecular flexibility index (Phi) is 4.81. The molecule has 28 heavy (non-hydrogen) atoms. The number of thiophene rings is 1. The van der Waals surface area contributed by atoms with Gasteiger partial charge in [-0.1, -0.05) is 18.6 Å². The standard InChI is InChI=1S/C23H27N3OS/c1-16-5-6-17-14-18-15-21(28-22(18)24-20(17)13-16)23(27)26-11-7-19(8-12-26)25-9-3-2-4-10-25/h5-6,13-15,19H,2-4,7-12H2,1H3. The summed E-state index contributed by atoms with van der Waals surface area (Å²) in [6.45, 7) is 6.33. The number of pyridine rings is 1. The van der Waals surface area contributed by atoms with Gasteiger partial charge >= 0.3 is 0 Å². The first kappa shape index (κ1) is 18.1. The second-order valence-corrected chi connectivity index (χ2v) is 9.34. The smallest absolute Gasteiger partial charge is 0.264 e. The summed E-state index contributed by atoms with van der Waals surface area (Å²) in [6.07, 6.45) is 6.27. The zero-order valence-corrected chi connectivity index (χ0v) is 17.3. The van der Waals surface area contributed by atoms with Gasteiger partial charge in [-0.2, -0.15) is 0 Å². The number of hydrogen-bond acceptors (Lipinski definition) is 4. The number of aryl methyl sites for hydroxylation is 1. The number of benzene rings is 1. The van der Waals surface area contributed by atoms with Crippen LogP contribution in [-0.4, -0.2) is 52.9 Å². The summed E-state index contributed by atoms with van der Waals surface area (Å²) < 4.78 is 0. The normalized spacial score (nSPS) is 19.5. The quantitative estimate of drug-likeness (QED) is 0.624. The molecule has 3 aromatic rings. The van der Waals surface area contributed by atoms with Crippen LogP contribution in [0.25, 0.3) is 21.1 Å². The number of aromatic nitrogens is 1. The summed E-state index contributed by atoms with van der Waals surface area (Å²) in [5.41, 5.74) is 2.22. The van der Waals surface area contributed by atoms with Crippen molar-refractivity contribution in [1.29, 1.82) is 0 Å². The molecule has 0 N–H and O–H groups in total. The minimum absolute atomic E-state index is 0.181. The van der Waals surface area contributed by atoms with Crippen molar-refractivity contribution in [3.05, 3.63) is 40.8 Å². The van der Waals surface area contributed by atoms with Gasteiger partial charge in [0, 0.05) is 29.9 Å². The third kappa shape index (κ3) is 3.42. The van der Waals surface area contributed by atoms with Gasteiger partial charge < -0.3 is 9.80 Å². The molecule has 0 atom stereocenters. The molecule has 4 heterocycles. The fourth-order valence-electron chi connectivity index (χ4n) is 4.71. The van der Waals surface area contributed by atoms with Crippen LogP contribution in [0.1, 0.15) is 47.3 Å². The van der Waals surface area contributed by atoms with Crippen LogP contribution in [0.4, 0.5) is 0 Å². The van der Waals surface area contributed by atoms with Gasteiger partial charge in [0.15, 0.2) is 0 Å². The van der Waals surface area contributed by atoms with E-state index in [1.165, 1.54) is 49.3 Å². The third-order valence-electron chi connectivity index (χ3n) is 6.33. The Morgan fingerprint density at radius 1 is 1.00 bits per heavy atom. The number of piperidine rings is 2. The van der Waals surface area contributed by atoms with Crippen LogP contribution in [-0.2, 0) is 0 Å². The van der Waals surface area contributed by atoms with Crippen molar-refractivity contribution < 1.29 is 4.79 Å². The highest BCUT2D eigenvalue weighted by Gasteiger charge is 2.28. The molecule has 5 rings (SSSR count). The molecule has 146 valence electrons. The van der Waals surface area contributed by atoms with E-state index in [2.05, 4.69) is 41.0 Å². The van der Waals surface area contributed by atoms with Crippen molar-refractivity contribution in [2.24, 2.45) is 0 Å². The molecule has 2 fully saturated rings. The van der Waals surface area contributed by atoms with Gasteiger partial charge in [0.1, 0.15) is 4.83 Å². The van der Waals surface area contributed by atoms with E-state index < -0.39 is 0 Å². The highest BCUT2D eigenvalue weighted by atomic mass is 32.1. The van der Waals surface area contributed by atoms with E-state index in [1.807, 2.05) is 6.07 Å². The summed E-state index contributed by atoms with van der Waals surface area (Å²) in [6, 6.07) is 11.2. The van der Waals surface area contributed by atoms with E-state index >= 15 is 0 Å². The second kappa shape index (κ2) is 7.45. The van der Waals surface area contributed by atoms with Gasteiger partial charge in [-0.05, 0) is 69.5 Å². The molecule has 4 nitrogen and oxygen atoms in total. The molecule has 2 aliphatic heterocycles. The van der Waals surface area contributed by atoms with Crippen molar-refractivity contribution in [3.63, 3.8) is 0 Å². The monoisotopic (exact) mass is 393 g/mol. The van der Waals surface area contributed by atoms with Gasteiger partial charge in [0.2, 0.25) is 0 Å². The van der Waals surface area contributed by atoms with Crippen molar-refractivity contribution in [3.8, 4) is 0 Å². The highest BCUT2D eigenvalue weighted by molar-refractivity contribution is 7.20. The number of carbonyl (C=O) groups excluding carboxylic acids is 1. The zero-order valence-electron chi connectivity index (χ0n) is 16.5. The van der Waals surface area contributed by atoms with Gasteiger partial charge in [-0.15, -0.1) is 11.3 Å². The molecule has 2 aromatic heterocycles. The first-order valence-corrected chi connectivity index (χ1v) is 11.3. The molecular weight excluding hydrogens is 366 g/mol. The summed E-state index contributed by atoms with van der Waals surface area (Å²) in [7, 11) is 0. The number of hydrogen-bond donors (Lipinski definition) is 0. The zero-order chi connectivity index (χ0) is 19.1. The number of likely N-dealkylation sites (tertiary alicyclic amines) is 2. The average Bonchev–Trinajstić information content (AvgIpc) is 3.15. The van der Waals surface area contributed by atoms with Gasteiger partial charge in [-0.3, -0.25) is 4.79 Å². The van der Waals surface area contributed by atoms with Crippen LogP contribution in [0, 0.1) is 6.92 Å². The van der Waals surface area contributed by atoms with Crippen LogP contribution in [0.15, 0.2) is 30.3 Å². The highest BCUT2D eigenvalue weighted by Crippen LogP contribution is 2.30. The Morgan fingerprint density at radius 3 is 2.57 bits per heavy atom. The lowest BCUT2D eigenvalue weighted by Crippen LogP contribution is -2.48. The topological polar surface area (TPSA) is 36.4 Å². The van der Waals surface area contributed by atoms with Crippen molar-refractivity contribution in [2.45, 2.75) is 45.1 Å². The van der Waals surface area contributed by atoms with Gasteiger partial charge in [-0.25, -0.2) is 4.98 Å². The number of fused-ring (bicyclic) bond motifs is 2. The Hall–Kier alpha value is -1.98. The van der Waals surface area contributed by atoms with Gasteiger partial charge in [0.05, 0.1) is 10.4 Å². The fourth-order valence-corrected chi connectivity index (χ4v) is 5.70. The lowest BCUT2D eigenvalue weighted by atomic mass is 10.00. The molecule has 0 bridgehead atoms. The van der Waals surface area contributed by atoms with Crippen LogP contribution >= 0.6 is 11.3 Å². The van der Waals surface area contributed by atoms with E-state index in [4.69, 9.17) is 4.98 Å². The molecule has 5 heteroatoms. The van der Waals surface area contributed by atoms with Crippen LogP contribution in [0.5, 0.6) is 0 Å². The first-order valence-electron chi connectivity index (χ1n) is 10.5. The van der Waals surface area contributed by atoms with Crippen molar-refractivity contribution >= 4 is 38.4 Å². The Bertz CT molecular complexity index is 1010. The summed E-state index contributed by atoms with van der Waals surface area (Å²) in [5, 5.41) is 2.21. The predicted octanol–water partition coefficient (Wildman–Crippen LogP) is 4.85. The van der Waals surface area contributed by atoms with E-state index in [9.17, 15) is 4.79 Å². The SMILES string of the molecule is Cc1ccc2cc3cc(C(=O)N4CCC(N5CCCCC5)CC4)sc3nc2c1. The van der Waals surface area contributed by atoms with Crippen LogP contribution in [0.3, 0.4) is 0 Å². The second-order valence-electron chi connectivity index (χ2n) is 8.31. The lowest BCUT2D eigenvalue weighted by Gasteiger charge is -2.40. The summed E-state index contributed by atoms with van der Waals surface area (Å²) in [5.74, 6) is 0.181. The van der Waals surface area contributed by atoms with Crippen LogP contribution < -0.4 is 0 Å². The molecule has 0 spiro atoms. The van der Waals surface area contributed by atoms with E-state index in [0.29, 0.717) is 6.04 Å². The molecule has 0 aliphatic carbocycles. The van der Waals surface area contributed by atoms with Crippen molar-refractivity contribution in [1.82, 2.24) is 14.8 Å². The minimum atomic E-state index is 0.181. The van der Waals surface area contributed by atoms with Gasteiger partial charge in [0.25, 0.3) is 5.91 Å². The third-order valence-corrected chi connectivity index (χ3v) is 7.36. The average molecular weight is 394 g/mol. The van der Waals surface area contributed by atoms with Crippen LogP contribution in [0.2, 0.25) is 0 Å². The molecule has 0 saturated carbocycles. The lowest BCUT2D eigenvalue weighted by molar-refractivity contribution is 0.0594. The predicted molar refractivity (Wildman–Crippen MR) is 116 cm³/mol. The molecule has 1 aromatic carbocycles. The van der Waals surface area contributed by atoms with E-state index in [-0.39, 0.29) is 5.91 Å². The van der Waals surface area contributed by atoms with E-state index in [1.54, 1.807) is 0 Å². The largest absolute Gasteiger partial charge is 0.338 e. The minimum Gasteiger partial charge on any atom is -0.338 e. The number of nitrogens with zero attached hydrogens (tertiary/aromatic N) is 3. The Morgan fingerprint density at radius 2 is 1.79 bits per heavy atom. The summed E-state index contributed by atoms with van der Waals surface area (Å²) in [4.78, 5) is 24.4. The molecule has 2 aliphatic rings. The molecule has 1 amide bonds. The number of amides is 1. The number of rotatable bonds is 2. The fraction of sp³-hybridized carbons (Fsp3) is 0.478. The van der Waals surface area contributed by atoms with Crippen molar-refractivity contribution in [2.75, 3.05) is 26.2 Å². The molecule has 0 radical (unpaired) electrons. The van der Waals surface area contributed by atoms with E-state index in [0.717, 1.165) is 51.9 Å². The maximum Gasteiger partial charge on any atom is 0.264 e.